The predicted molar refractivity (Wildman–Crippen MR) is 53.1 cm³/mol. The number of carboxylic acid groups (broad SMARTS) is 1. The van der Waals surface area contributed by atoms with Gasteiger partial charge in [-0.1, -0.05) is 13.8 Å². The van der Waals surface area contributed by atoms with Crippen molar-refractivity contribution in [2.45, 2.75) is 33.7 Å². The van der Waals surface area contributed by atoms with Crippen LogP contribution in [0.3, 0.4) is 0 Å². The van der Waals surface area contributed by atoms with Crippen molar-refractivity contribution < 1.29 is 9.90 Å². The van der Waals surface area contributed by atoms with Crippen LogP contribution in [0.4, 0.5) is 0 Å². The van der Waals surface area contributed by atoms with Crippen LogP contribution in [-0.2, 0) is 17.8 Å². The van der Waals surface area contributed by atoms with E-state index in [1.807, 2.05) is 11.5 Å². The van der Waals surface area contributed by atoms with Gasteiger partial charge < -0.3 is 9.67 Å². The van der Waals surface area contributed by atoms with Crippen molar-refractivity contribution in [3.05, 3.63) is 17.7 Å². The van der Waals surface area contributed by atoms with Gasteiger partial charge in [-0.3, -0.25) is 4.79 Å². The van der Waals surface area contributed by atoms with Crippen LogP contribution in [0.5, 0.6) is 0 Å². The van der Waals surface area contributed by atoms with Gasteiger partial charge in [0.2, 0.25) is 0 Å². The van der Waals surface area contributed by atoms with Gasteiger partial charge >= 0.3 is 5.97 Å². The molecule has 0 atom stereocenters. The van der Waals surface area contributed by atoms with E-state index in [9.17, 15) is 4.79 Å². The molecule has 0 radical (unpaired) electrons. The van der Waals surface area contributed by atoms with Gasteiger partial charge in [0, 0.05) is 18.4 Å². The van der Waals surface area contributed by atoms with Gasteiger partial charge in [0.1, 0.15) is 12.2 Å². The van der Waals surface area contributed by atoms with E-state index < -0.39 is 5.97 Å². The van der Waals surface area contributed by atoms with Gasteiger partial charge in [0.05, 0.1) is 0 Å². The summed E-state index contributed by atoms with van der Waals surface area (Å²) >= 11 is 0. The van der Waals surface area contributed by atoms with Crippen LogP contribution >= 0.6 is 0 Å². The third-order valence-corrected chi connectivity index (χ3v) is 1.99. The van der Waals surface area contributed by atoms with E-state index in [2.05, 4.69) is 18.8 Å². The van der Waals surface area contributed by atoms with Crippen LogP contribution < -0.4 is 0 Å². The lowest BCUT2D eigenvalue weighted by Gasteiger charge is -2.11. The Hall–Kier alpha value is -1.32. The molecule has 0 spiro atoms. The predicted octanol–water partition coefficient (Wildman–Crippen LogP) is 1.47. The monoisotopic (exact) mass is 196 g/mol. The quantitative estimate of drug-likeness (QED) is 0.793. The molecule has 78 valence electrons. The number of hydrogen-bond donors (Lipinski definition) is 1. The Balaban J connectivity index is 2.88. The summed E-state index contributed by atoms with van der Waals surface area (Å²) in [6.45, 7) is 6.98. The van der Waals surface area contributed by atoms with E-state index in [0.29, 0.717) is 11.7 Å². The second-order valence-electron chi connectivity index (χ2n) is 3.89. The molecule has 1 rings (SSSR count). The number of nitrogens with zero attached hydrogens (tertiary/aromatic N) is 2. The molecule has 4 nitrogen and oxygen atoms in total. The Morgan fingerprint density at radius 1 is 1.64 bits per heavy atom. The zero-order valence-corrected chi connectivity index (χ0v) is 8.82. The average molecular weight is 196 g/mol. The number of rotatable bonds is 4. The highest BCUT2D eigenvalue weighted by Crippen LogP contribution is 2.09. The van der Waals surface area contributed by atoms with Crippen LogP contribution in [0.15, 0.2) is 6.20 Å². The Morgan fingerprint density at radius 2 is 2.29 bits per heavy atom. The molecule has 0 amide bonds. The summed E-state index contributed by atoms with van der Waals surface area (Å²) in [5, 5.41) is 8.68. The third kappa shape index (κ3) is 2.58. The molecule has 1 heterocycles. The smallest absolute Gasteiger partial charge is 0.311 e. The Kier molecular flexibility index (Phi) is 3.28. The summed E-state index contributed by atoms with van der Waals surface area (Å²) in [4.78, 5) is 14.7. The first kappa shape index (κ1) is 10.8. The minimum absolute atomic E-state index is 0.000556. The average Bonchev–Trinajstić information content (AvgIpc) is 2.34. The largest absolute Gasteiger partial charge is 0.481 e. The number of carboxylic acids is 1. The number of aliphatic carboxylic acids is 1. The van der Waals surface area contributed by atoms with Crippen molar-refractivity contribution in [1.82, 2.24) is 9.55 Å². The highest BCUT2D eigenvalue weighted by atomic mass is 16.4. The molecule has 0 aliphatic rings. The lowest BCUT2D eigenvalue weighted by molar-refractivity contribution is -0.136. The van der Waals surface area contributed by atoms with E-state index in [0.717, 1.165) is 12.2 Å². The van der Waals surface area contributed by atoms with Crippen LogP contribution in [0.1, 0.15) is 25.4 Å². The fourth-order valence-corrected chi connectivity index (χ4v) is 1.40. The maximum atomic E-state index is 10.6. The molecule has 0 aliphatic carbocycles. The van der Waals surface area contributed by atoms with E-state index in [4.69, 9.17) is 5.11 Å². The normalized spacial score (nSPS) is 10.9. The summed E-state index contributed by atoms with van der Waals surface area (Å²) in [6.07, 6.45) is 1.72. The van der Waals surface area contributed by atoms with Crippen molar-refractivity contribution in [3.8, 4) is 0 Å². The van der Waals surface area contributed by atoms with Crippen molar-refractivity contribution >= 4 is 5.97 Å². The maximum Gasteiger partial charge on any atom is 0.311 e. The van der Waals surface area contributed by atoms with Crippen LogP contribution in [-0.4, -0.2) is 20.6 Å². The summed E-state index contributed by atoms with van der Waals surface area (Å²) in [6, 6.07) is 0. The molecular formula is C10H16N2O2. The first-order valence-corrected chi connectivity index (χ1v) is 4.73. The first-order valence-electron chi connectivity index (χ1n) is 4.73. The lowest BCUT2D eigenvalue weighted by Crippen LogP contribution is -2.13. The van der Waals surface area contributed by atoms with Crippen molar-refractivity contribution in [2.24, 2.45) is 5.92 Å². The zero-order chi connectivity index (χ0) is 10.7. The molecule has 0 unspecified atom stereocenters. The number of carbonyl (C=O) groups is 1. The number of aryl methyl sites for hydroxylation is 1. The summed E-state index contributed by atoms with van der Waals surface area (Å²) in [7, 11) is 0. The van der Waals surface area contributed by atoms with E-state index in [1.54, 1.807) is 6.20 Å². The molecule has 0 saturated heterocycles. The molecule has 14 heavy (non-hydrogen) atoms. The third-order valence-electron chi connectivity index (χ3n) is 1.99. The minimum atomic E-state index is -0.833. The van der Waals surface area contributed by atoms with E-state index in [-0.39, 0.29) is 6.42 Å². The van der Waals surface area contributed by atoms with E-state index in [1.165, 1.54) is 0 Å². The van der Waals surface area contributed by atoms with Gasteiger partial charge in [-0.05, 0) is 12.8 Å². The fraction of sp³-hybridized carbons (Fsp3) is 0.600. The number of aromatic nitrogens is 2. The van der Waals surface area contributed by atoms with Crippen molar-refractivity contribution in [3.63, 3.8) is 0 Å². The molecule has 1 aromatic heterocycles. The standard InChI is InChI=1S/C10H16N2O2/c1-7(2)6-12-8(3)5-11-9(12)4-10(13)14/h5,7H,4,6H2,1-3H3,(H,13,14). The molecule has 0 fully saturated rings. The number of hydrogen-bond acceptors (Lipinski definition) is 2. The van der Waals surface area contributed by atoms with Gasteiger partial charge in [-0.15, -0.1) is 0 Å². The topological polar surface area (TPSA) is 55.1 Å². The zero-order valence-electron chi connectivity index (χ0n) is 8.82. The van der Waals surface area contributed by atoms with Crippen LogP contribution in [0.2, 0.25) is 0 Å². The molecule has 0 bridgehead atoms. The summed E-state index contributed by atoms with van der Waals surface area (Å²) < 4.78 is 1.97. The van der Waals surface area contributed by atoms with Crippen LogP contribution in [0, 0.1) is 12.8 Å². The fourth-order valence-electron chi connectivity index (χ4n) is 1.40. The molecule has 0 aliphatic heterocycles. The molecule has 0 aromatic carbocycles. The molecule has 4 heteroatoms. The Labute approximate surface area is 83.6 Å². The highest BCUT2D eigenvalue weighted by molar-refractivity contribution is 5.69. The van der Waals surface area contributed by atoms with Crippen molar-refractivity contribution in [1.29, 1.82) is 0 Å². The summed E-state index contributed by atoms with van der Waals surface area (Å²) in [5.74, 6) is 0.305. The molecule has 1 aromatic rings. The molecular weight excluding hydrogens is 180 g/mol. The Bertz CT molecular complexity index is 329. The SMILES string of the molecule is Cc1cnc(CC(=O)O)n1CC(C)C. The molecule has 0 saturated carbocycles. The van der Waals surface area contributed by atoms with Crippen LogP contribution in [0.25, 0.3) is 0 Å². The molecule has 1 N–H and O–H groups in total. The van der Waals surface area contributed by atoms with E-state index >= 15 is 0 Å². The maximum absolute atomic E-state index is 10.6. The second-order valence-corrected chi connectivity index (χ2v) is 3.89. The minimum Gasteiger partial charge on any atom is -0.481 e. The van der Waals surface area contributed by atoms with Crippen molar-refractivity contribution in [2.75, 3.05) is 0 Å². The van der Waals surface area contributed by atoms with Gasteiger partial charge in [0.25, 0.3) is 0 Å². The second kappa shape index (κ2) is 4.26. The number of imidazole rings is 1. The lowest BCUT2D eigenvalue weighted by atomic mass is 10.2. The van der Waals surface area contributed by atoms with Gasteiger partial charge in [-0.25, -0.2) is 4.98 Å². The summed E-state index contributed by atoms with van der Waals surface area (Å²) in [5.41, 5.74) is 1.02. The van der Waals surface area contributed by atoms with Gasteiger partial charge in [-0.2, -0.15) is 0 Å². The Morgan fingerprint density at radius 3 is 2.79 bits per heavy atom. The first-order chi connectivity index (χ1) is 6.50. The highest BCUT2D eigenvalue weighted by Gasteiger charge is 2.11. The van der Waals surface area contributed by atoms with Gasteiger partial charge in [0.15, 0.2) is 0 Å².